The van der Waals surface area contributed by atoms with Gasteiger partial charge in [-0.1, -0.05) is 6.07 Å². The van der Waals surface area contributed by atoms with Gasteiger partial charge in [-0.15, -0.1) is 0 Å². The quantitative estimate of drug-likeness (QED) is 0.870. The van der Waals surface area contributed by atoms with E-state index in [1.807, 2.05) is 0 Å². The molecule has 1 heterocycles. The number of hydrogen-bond acceptors (Lipinski definition) is 3. The third-order valence-electron chi connectivity index (χ3n) is 2.87. The van der Waals surface area contributed by atoms with Crippen LogP contribution in [0.1, 0.15) is 35.2 Å². The lowest BCUT2D eigenvalue weighted by atomic mass is 10.1. The van der Waals surface area contributed by atoms with Crippen molar-refractivity contribution in [3.05, 3.63) is 35.4 Å². The van der Waals surface area contributed by atoms with Crippen molar-refractivity contribution >= 4 is 5.91 Å². The molecule has 1 atom stereocenters. The minimum absolute atomic E-state index is 0.115. The second-order valence-electron chi connectivity index (χ2n) is 4.42. The average Bonchev–Trinajstić information content (AvgIpc) is 2.45. The minimum atomic E-state index is -4.48. The lowest BCUT2D eigenvalue weighted by Crippen LogP contribution is -2.33. The molecule has 1 N–H and O–H groups in total. The van der Waals surface area contributed by atoms with Gasteiger partial charge < -0.3 is 4.74 Å². The zero-order valence-electron chi connectivity index (χ0n) is 10.6. The molecule has 110 valence electrons. The Kier molecular flexibility index (Phi) is 4.61. The highest BCUT2D eigenvalue weighted by molar-refractivity contribution is 5.93. The van der Waals surface area contributed by atoms with Gasteiger partial charge >= 0.3 is 6.18 Å². The van der Waals surface area contributed by atoms with Crippen LogP contribution in [-0.4, -0.2) is 18.8 Å². The largest absolute Gasteiger partial charge is 0.416 e. The predicted molar refractivity (Wildman–Crippen MR) is 63.6 cm³/mol. The fourth-order valence-corrected chi connectivity index (χ4v) is 1.82. The van der Waals surface area contributed by atoms with Gasteiger partial charge in [0.25, 0.3) is 5.91 Å². The average molecular weight is 289 g/mol. The third-order valence-corrected chi connectivity index (χ3v) is 2.87. The van der Waals surface area contributed by atoms with E-state index in [9.17, 15) is 18.0 Å². The molecule has 1 aliphatic rings. The minimum Gasteiger partial charge on any atom is -0.350 e. The van der Waals surface area contributed by atoms with Gasteiger partial charge in [0.2, 0.25) is 0 Å². The lowest BCUT2D eigenvalue weighted by Gasteiger charge is -2.22. The molecule has 1 fully saturated rings. The number of carbonyl (C=O) groups is 1. The highest BCUT2D eigenvalue weighted by atomic mass is 19.4. The predicted octanol–water partition coefficient (Wildman–Crippen LogP) is 2.89. The van der Waals surface area contributed by atoms with Gasteiger partial charge in [-0.25, -0.2) is 10.3 Å². The van der Waals surface area contributed by atoms with Gasteiger partial charge in [0.1, 0.15) is 0 Å². The van der Waals surface area contributed by atoms with E-state index in [4.69, 9.17) is 9.57 Å². The van der Waals surface area contributed by atoms with Crippen molar-refractivity contribution in [3.63, 3.8) is 0 Å². The first-order chi connectivity index (χ1) is 9.47. The summed E-state index contributed by atoms with van der Waals surface area (Å²) in [6.07, 6.45) is -2.53. The van der Waals surface area contributed by atoms with Gasteiger partial charge in [-0.2, -0.15) is 13.2 Å². The van der Waals surface area contributed by atoms with Crippen LogP contribution < -0.4 is 5.48 Å². The van der Waals surface area contributed by atoms with Crippen molar-refractivity contribution in [1.82, 2.24) is 5.48 Å². The third kappa shape index (κ3) is 3.94. The summed E-state index contributed by atoms with van der Waals surface area (Å²) in [5.74, 6) is -0.731. The zero-order chi connectivity index (χ0) is 14.6. The van der Waals surface area contributed by atoms with Crippen molar-refractivity contribution < 1.29 is 27.5 Å². The summed E-state index contributed by atoms with van der Waals surface area (Å²) in [6, 6.07) is 4.15. The molecular formula is C13H14F3NO3. The summed E-state index contributed by atoms with van der Waals surface area (Å²) < 4.78 is 42.8. The van der Waals surface area contributed by atoms with E-state index in [1.54, 1.807) is 0 Å². The lowest BCUT2D eigenvalue weighted by molar-refractivity contribution is -0.186. The van der Waals surface area contributed by atoms with Crippen LogP contribution in [-0.2, 0) is 15.8 Å². The number of halogens is 3. The Morgan fingerprint density at radius 3 is 2.80 bits per heavy atom. The molecule has 0 unspecified atom stereocenters. The Labute approximate surface area is 113 Å². The van der Waals surface area contributed by atoms with Crippen LogP contribution in [0.2, 0.25) is 0 Å². The van der Waals surface area contributed by atoms with Crippen LogP contribution in [0, 0.1) is 0 Å². The van der Waals surface area contributed by atoms with E-state index in [0.29, 0.717) is 13.0 Å². The second kappa shape index (κ2) is 6.23. The van der Waals surface area contributed by atoms with Crippen LogP contribution >= 0.6 is 0 Å². The van der Waals surface area contributed by atoms with Crippen LogP contribution in [0.15, 0.2) is 24.3 Å². The van der Waals surface area contributed by atoms with E-state index in [1.165, 1.54) is 12.1 Å². The standard InChI is InChI=1S/C13H14F3NO3/c14-13(15,16)10-5-3-4-9(8-10)12(18)17-20-11-6-1-2-7-19-11/h3-5,8,11H,1-2,6-7H2,(H,17,18)/t11-/m1/s1. The number of hydroxylamine groups is 1. The maximum absolute atomic E-state index is 12.5. The van der Waals surface area contributed by atoms with E-state index >= 15 is 0 Å². The number of rotatable bonds is 3. The number of hydrogen-bond donors (Lipinski definition) is 1. The first kappa shape index (κ1) is 14.8. The molecule has 0 aliphatic carbocycles. The summed E-state index contributed by atoms with van der Waals surface area (Å²) in [5.41, 5.74) is 1.13. The van der Waals surface area contributed by atoms with E-state index in [-0.39, 0.29) is 5.56 Å². The summed E-state index contributed by atoms with van der Waals surface area (Å²) in [7, 11) is 0. The Hall–Kier alpha value is -1.60. The molecule has 1 aromatic rings. The molecular weight excluding hydrogens is 275 g/mol. The molecule has 0 aromatic heterocycles. The highest BCUT2D eigenvalue weighted by Gasteiger charge is 2.31. The topological polar surface area (TPSA) is 47.6 Å². The smallest absolute Gasteiger partial charge is 0.350 e. The van der Waals surface area contributed by atoms with Gasteiger partial charge in [-0.3, -0.25) is 4.79 Å². The van der Waals surface area contributed by atoms with Crippen LogP contribution in [0.4, 0.5) is 13.2 Å². The molecule has 1 saturated heterocycles. The summed E-state index contributed by atoms with van der Waals surface area (Å²) in [5, 5.41) is 0. The van der Waals surface area contributed by atoms with E-state index < -0.39 is 23.9 Å². The van der Waals surface area contributed by atoms with Gasteiger partial charge in [0.15, 0.2) is 6.29 Å². The van der Waals surface area contributed by atoms with E-state index in [0.717, 1.165) is 25.0 Å². The Bertz CT molecular complexity index is 470. The number of nitrogens with one attached hydrogen (secondary N) is 1. The summed E-state index contributed by atoms with van der Waals surface area (Å²) in [4.78, 5) is 16.7. The monoisotopic (exact) mass is 289 g/mol. The van der Waals surface area contributed by atoms with Gasteiger partial charge in [-0.05, 0) is 31.0 Å². The Morgan fingerprint density at radius 2 is 2.15 bits per heavy atom. The molecule has 0 radical (unpaired) electrons. The number of amides is 1. The number of benzene rings is 1. The number of carbonyl (C=O) groups excluding carboxylic acids is 1. The molecule has 7 heteroatoms. The van der Waals surface area contributed by atoms with Crippen molar-refractivity contribution in [2.24, 2.45) is 0 Å². The maximum Gasteiger partial charge on any atom is 0.416 e. The summed E-state index contributed by atoms with van der Waals surface area (Å²) >= 11 is 0. The Balaban J connectivity index is 1.95. The van der Waals surface area contributed by atoms with Crippen molar-refractivity contribution in [2.75, 3.05) is 6.61 Å². The van der Waals surface area contributed by atoms with Crippen LogP contribution in [0.25, 0.3) is 0 Å². The zero-order valence-corrected chi connectivity index (χ0v) is 10.6. The number of ether oxygens (including phenoxy) is 1. The molecule has 1 aromatic carbocycles. The van der Waals surface area contributed by atoms with Crippen LogP contribution in [0.3, 0.4) is 0 Å². The SMILES string of the molecule is O=C(NO[C@@H]1CCCCO1)c1cccc(C(F)(F)F)c1. The fraction of sp³-hybridized carbons (Fsp3) is 0.462. The second-order valence-corrected chi connectivity index (χ2v) is 4.42. The van der Waals surface area contributed by atoms with Crippen molar-refractivity contribution in [1.29, 1.82) is 0 Å². The maximum atomic E-state index is 12.5. The molecule has 2 rings (SSSR count). The molecule has 1 aliphatic heterocycles. The molecule has 0 saturated carbocycles. The normalized spacial score (nSPS) is 19.6. The molecule has 0 spiro atoms. The highest BCUT2D eigenvalue weighted by Crippen LogP contribution is 2.29. The summed E-state index contributed by atoms with van der Waals surface area (Å²) in [6.45, 7) is 0.546. The van der Waals surface area contributed by atoms with Gasteiger partial charge in [0, 0.05) is 18.6 Å². The fourth-order valence-electron chi connectivity index (χ4n) is 1.82. The number of alkyl halides is 3. The van der Waals surface area contributed by atoms with Crippen molar-refractivity contribution in [3.8, 4) is 0 Å². The first-order valence-corrected chi connectivity index (χ1v) is 6.21. The van der Waals surface area contributed by atoms with Gasteiger partial charge in [0.05, 0.1) is 5.56 Å². The van der Waals surface area contributed by atoms with Crippen LogP contribution in [0.5, 0.6) is 0 Å². The molecule has 4 nitrogen and oxygen atoms in total. The Morgan fingerprint density at radius 1 is 1.35 bits per heavy atom. The van der Waals surface area contributed by atoms with E-state index in [2.05, 4.69) is 5.48 Å². The molecule has 0 bridgehead atoms. The molecule has 20 heavy (non-hydrogen) atoms. The molecule has 1 amide bonds. The first-order valence-electron chi connectivity index (χ1n) is 6.21. The van der Waals surface area contributed by atoms with Crippen molar-refractivity contribution in [2.45, 2.75) is 31.7 Å².